The summed E-state index contributed by atoms with van der Waals surface area (Å²) in [6.07, 6.45) is 1.55. The van der Waals surface area contributed by atoms with Gasteiger partial charge >= 0.3 is 0 Å². The number of methoxy groups -OCH3 is 1. The Bertz CT molecular complexity index is 360. The Morgan fingerprint density at radius 3 is 2.69 bits per heavy atom. The molecule has 1 aliphatic rings. The van der Waals surface area contributed by atoms with Crippen LogP contribution in [0.5, 0.6) is 5.75 Å². The largest absolute Gasteiger partial charge is 0.491 e. The number of quaternary nitrogens is 1. The molecule has 0 amide bonds. The third-order valence-corrected chi connectivity index (χ3v) is 3.10. The van der Waals surface area contributed by atoms with Crippen LogP contribution in [0.15, 0.2) is 18.2 Å². The van der Waals surface area contributed by atoms with Gasteiger partial charge in [0.25, 0.3) is 0 Å². The Morgan fingerprint density at radius 2 is 2.06 bits per heavy atom. The zero-order valence-electron chi connectivity index (χ0n) is 9.65. The molecule has 1 aromatic rings. The predicted octanol–water partition coefficient (Wildman–Crippen LogP) is 0.530. The number of nitrogens with zero attached hydrogens (tertiary/aromatic N) is 1. The Hall–Kier alpha value is -1.26. The van der Waals surface area contributed by atoms with Crippen LogP contribution in [0.4, 0.5) is 11.4 Å². The normalized spacial score (nSPS) is 17.6. The summed E-state index contributed by atoms with van der Waals surface area (Å²) < 4.78 is 5.26. The average Bonchev–Trinajstić information content (AvgIpc) is 2.31. The molecule has 1 aliphatic heterocycles. The van der Waals surface area contributed by atoms with Gasteiger partial charge < -0.3 is 20.5 Å². The zero-order valence-corrected chi connectivity index (χ0v) is 9.65. The van der Waals surface area contributed by atoms with Crippen molar-refractivity contribution in [3.63, 3.8) is 0 Å². The predicted molar refractivity (Wildman–Crippen MR) is 63.0 cm³/mol. The summed E-state index contributed by atoms with van der Waals surface area (Å²) in [7, 11) is 1.66. The summed E-state index contributed by atoms with van der Waals surface area (Å²) in [5, 5.41) is 9.46. The van der Waals surface area contributed by atoms with Gasteiger partial charge in [-0.05, 0) is 18.9 Å². The van der Waals surface area contributed by atoms with Crippen molar-refractivity contribution >= 4 is 11.4 Å². The van der Waals surface area contributed by atoms with Crippen molar-refractivity contribution in [2.24, 2.45) is 0 Å². The first-order valence-corrected chi connectivity index (χ1v) is 5.63. The number of hydrogen-bond acceptors (Lipinski definition) is 3. The maximum absolute atomic E-state index is 9.46. The summed E-state index contributed by atoms with van der Waals surface area (Å²) in [5.41, 5.74) is 5.96. The Kier molecular flexibility index (Phi) is 3.31. The minimum Gasteiger partial charge on any atom is -0.491 e. The van der Waals surface area contributed by atoms with Crippen LogP contribution in [0.2, 0.25) is 0 Å². The van der Waals surface area contributed by atoms with E-state index in [0.717, 1.165) is 43.1 Å². The number of anilines is 1. The smallest absolute Gasteiger partial charge is 0.181 e. The van der Waals surface area contributed by atoms with Crippen LogP contribution in [-0.4, -0.2) is 31.4 Å². The van der Waals surface area contributed by atoms with Crippen LogP contribution in [0.3, 0.4) is 0 Å². The van der Waals surface area contributed by atoms with Crippen LogP contribution in [-0.2, 0) is 0 Å². The van der Waals surface area contributed by atoms with Gasteiger partial charge in [0.2, 0.25) is 0 Å². The second-order valence-corrected chi connectivity index (χ2v) is 4.21. The van der Waals surface area contributed by atoms with E-state index in [1.54, 1.807) is 7.11 Å². The van der Waals surface area contributed by atoms with Gasteiger partial charge in [0.15, 0.2) is 11.4 Å². The lowest BCUT2D eigenvalue weighted by molar-refractivity contribution is -0.256. The zero-order chi connectivity index (χ0) is 11.5. The van der Waals surface area contributed by atoms with E-state index in [9.17, 15) is 5.11 Å². The molecule has 2 rings (SSSR count). The third-order valence-electron chi connectivity index (χ3n) is 3.10. The topological polar surface area (TPSA) is 60.3 Å². The second-order valence-electron chi connectivity index (χ2n) is 4.21. The highest BCUT2D eigenvalue weighted by Crippen LogP contribution is 2.28. The van der Waals surface area contributed by atoms with E-state index in [0.29, 0.717) is 0 Å². The molecule has 0 aliphatic carbocycles. The van der Waals surface area contributed by atoms with Gasteiger partial charge in [0, 0.05) is 30.9 Å². The monoisotopic (exact) mass is 223 g/mol. The lowest BCUT2D eigenvalue weighted by Crippen LogP contribution is -2.41. The van der Waals surface area contributed by atoms with Gasteiger partial charge in [-0.25, -0.2) is 0 Å². The molecular formula is C12H19N2O2+. The summed E-state index contributed by atoms with van der Waals surface area (Å²) in [5.74, 6) is 0.823. The minimum absolute atomic E-state index is 0.134. The molecule has 88 valence electrons. The summed E-state index contributed by atoms with van der Waals surface area (Å²) in [6.45, 7) is 1.81. The number of benzene rings is 1. The standard InChI is InChI=1S/C12H18N2O2/c1-16-12-8-9(2-3-11(12)13)14-6-4-10(15)5-7-14/h2-3,8,10,15H,4-7,13H2,1H3/p+1. The lowest BCUT2D eigenvalue weighted by Gasteiger charge is -2.31. The number of rotatable bonds is 2. The number of piperidine rings is 1. The number of hydrogen-bond donors (Lipinski definition) is 2. The van der Waals surface area contributed by atoms with Gasteiger partial charge in [0.05, 0.1) is 13.2 Å². The fourth-order valence-electron chi connectivity index (χ4n) is 2.05. The molecule has 0 unspecified atom stereocenters. The average molecular weight is 223 g/mol. The number of aliphatic hydroxyl groups is 1. The quantitative estimate of drug-likeness (QED) is 0.769. The van der Waals surface area contributed by atoms with Crippen LogP contribution in [0.1, 0.15) is 12.8 Å². The maximum atomic E-state index is 9.46. The van der Waals surface area contributed by atoms with Crippen molar-refractivity contribution in [2.75, 3.05) is 25.1 Å². The first-order chi connectivity index (χ1) is 7.70. The molecule has 4 nitrogen and oxygen atoms in total. The Balaban J connectivity index is 2.14. The van der Waals surface area contributed by atoms with Gasteiger partial charge in [-0.2, -0.15) is 0 Å². The number of ether oxygens (including phenoxy) is 1. The first-order valence-electron chi connectivity index (χ1n) is 5.63. The van der Waals surface area contributed by atoms with E-state index >= 15 is 0 Å². The summed E-state index contributed by atoms with van der Waals surface area (Å²) in [4.78, 5) is 2.27. The summed E-state index contributed by atoms with van der Waals surface area (Å²) in [6, 6.07) is 6.04. The molecule has 0 radical (unpaired) electrons. The van der Waals surface area contributed by atoms with Crippen molar-refractivity contribution in [3.05, 3.63) is 18.2 Å². The van der Waals surface area contributed by atoms with E-state index in [1.165, 1.54) is 0 Å². The van der Waals surface area contributed by atoms with Gasteiger partial charge in [-0.1, -0.05) is 0 Å². The van der Waals surface area contributed by atoms with E-state index in [1.807, 2.05) is 12.1 Å². The fourth-order valence-corrected chi connectivity index (χ4v) is 2.05. The van der Waals surface area contributed by atoms with Crippen LogP contribution >= 0.6 is 0 Å². The van der Waals surface area contributed by atoms with Crippen molar-refractivity contribution in [3.8, 4) is 5.75 Å². The van der Waals surface area contributed by atoms with Gasteiger partial charge in [-0.15, -0.1) is 0 Å². The van der Waals surface area contributed by atoms with Crippen LogP contribution in [0.25, 0.3) is 0 Å². The van der Waals surface area contributed by atoms with Crippen molar-refractivity contribution in [1.82, 2.24) is 0 Å². The Labute approximate surface area is 95.6 Å². The molecule has 0 saturated carbocycles. The van der Waals surface area contributed by atoms with Gasteiger partial charge in [0.1, 0.15) is 0 Å². The highest BCUT2D eigenvalue weighted by Gasteiger charge is 2.18. The molecule has 4 heteroatoms. The molecule has 16 heavy (non-hydrogen) atoms. The highest BCUT2D eigenvalue weighted by atomic mass is 16.5. The molecule has 0 spiro atoms. The fraction of sp³-hybridized carbons (Fsp3) is 0.500. The third kappa shape index (κ3) is 2.28. The molecule has 1 saturated heterocycles. The highest BCUT2D eigenvalue weighted by molar-refractivity contribution is 5.58. The molecule has 0 bridgehead atoms. The van der Waals surface area contributed by atoms with Crippen LogP contribution < -0.4 is 15.4 Å². The van der Waals surface area contributed by atoms with E-state index in [4.69, 9.17) is 4.74 Å². The van der Waals surface area contributed by atoms with Crippen molar-refractivity contribution < 1.29 is 15.6 Å². The molecule has 0 atom stereocenters. The molecule has 1 heterocycles. The van der Waals surface area contributed by atoms with E-state index < -0.39 is 0 Å². The number of aliphatic hydroxyl groups excluding tert-OH is 1. The molecule has 0 aromatic heterocycles. The second kappa shape index (κ2) is 4.72. The molecule has 1 fully saturated rings. The lowest BCUT2D eigenvalue weighted by atomic mass is 10.1. The SMILES string of the molecule is COc1cc(N2CCC(O)CC2)ccc1[NH3+]. The Morgan fingerprint density at radius 1 is 1.38 bits per heavy atom. The van der Waals surface area contributed by atoms with Crippen molar-refractivity contribution in [1.29, 1.82) is 0 Å². The van der Waals surface area contributed by atoms with Gasteiger partial charge in [-0.3, -0.25) is 0 Å². The molecular weight excluding hydrogens is 204 g/mol. The minimum atomic E-state index is -0.134. The first kappa shape index (κ1) is 11.2. The van der Waals surface area contributed by atoms with Crippen molar-refractivity contribution in [2.45, 2.75) is 18.9 Å². The summed E-state index contributed by atoms with van der Waals surface area (Å²) >= 11 is 0. The van der Waals surface area contributed by atoms with E-state index in [2.05, 4.69) is 16.7 Å². The molecule has 1 aromatic carbocycles. The van der Waals surface area contributed by atoms with E-state index in [-0.39, 0.29) is 6.10 Å². The molecule has 4 N–H and O–H groups in total. The maximum Gasteiger partial charge on any atom is 0.181 e. The van der Waals surface area contributed by atoms with Crippen LogP contribution in [0, 0.1) is 0 Å².